The molecule has 0 aromatic heterocycles. The van der Waals surface area contributed by atoms with Crippen LogP contribution in [-0.2, 0) is 4.79 Å². The Morgan fingerprint density at radius 1 is 1.17 bits per heavy atom. The Hall–Kier alpha value is -0.220. The fourth-order valence-corrected chi connectivity index (χ4v) is 4.20. The first-order valence-corrected chi connectivity index (χ1v) is 8.42. The number of carbonyl (C=O) groups excluding carboxylic acids is 1. The summed E-state index contributed by atoms with van der Waals surface area (Å²) in [5.41, 5.74) is 0. The van der Waals surface area contributed by atoms with E-state index in [0.717, 1.165) is 32.2 Å². The normalized spacial score (nSPS) is 30.1. The average Bonchev–Trinajstić information content (AvgIpc) is 2.38. The number of hydrogen-bond acceptors (Lipinski definition) is 3. The molecule has 2 aliphatic rings. The summed E-state index contributed by atoms with van der Waals surface area (Å²) in [7, 11) is 0. The van der Waals surface area contributed by atoms with Gasteiger partial charge in [-0.3, -0.25) is 4.79 Å². The Balaban J connectivity index is 1.61. The summed E-state index contributed by atoms with van der Waals surface area (Å²) in [4.78, 5) is 11.9. The molecule has 1 saturated heterocycles. The molecule has 3 nitrogen and oxygen atoms in total. The van der Waals surface area contributed by atoms with E-state index in [0.29, 0.717) is 18.3 Å². The summed E-state index contributed by atoms with van der Waals surface area (Å²) >= 11 is 2.00. The molecule has 1 saturated carbocycles. The van der Waals surface area contributed by atoms with Crippen LogP contribution in [0, 0.1) is 11.8 Å². The first-order chi connectivity index (χ1) is 8.74. The summed E-state index contributed by atoms with van der Waals surface area (Å²) < 4.78 is 0. The Kier molecular flexibility index (Phi) is 5.83. The lowest BCUT2D eigenvalue weighted by Gasteiger charge is -2.26. The SMILES string of the molecule is O=C(CC1CCSCC1)NCC1CCCC(O)C1. The summed E-state index contributed by atoms with van der Waals surface area (Å²) in [6, 6.07) is 0. The molecule has 1 aliphatic carbocycles. The molecule has 0 bridgehead atoms. The van der Waals surface area contributed by atoms with Crippen molar-refractivity contribution >= 4 is 17.7 Å². The quantitative estimate of drug-likeness (QED) is 0.824. The van der Waals surface area contributed by atoms with Crippen LogP contribution in [0.25, 0.3) is 0 Å². The van der Waals surface area contributed by atoms with Crippen LogP contribution < -0.4 is 5.32 Å². The zero-order valence-corrected chi connectivity index (χ0v) is 11.9. The van der Waals surface area contributed by atoms with Gasteiger partial charge in [-0.25, -0.2) is 0 Å². The van der Waals surface area contributed by atoms with E-state index in [-0.39, 0.29) is 12.0 Å². The molecule has 2 atom stereocenters. The van der Waals surface area contributed by atoms with Gasteiger partial charge in [-0.1, -0.05) is 6.42 Å². The van der Waals surface area contributed by atoms with E-state index in [1.807, 2.05) is 11.8 Å². The van der Waals surface area contributed by atoms with Crippen LogP contribution in [0.1, 0.15) is 44.9 Å². The maximum absolute atomic E-state index is 11.9. The summed E-state index contributed by atoms with van der Waals surface area (Å²) in [5, 5.41) is 12.7. The number of nitrogens with one attached hydrogen (secondary N) is 1. The van der Waals surface area contributed by atoms with Crippen LogP contribution in [0.4, 0.5) is 0 Å². The number of hydrogen-bond donors (Lipinski definition) is 2. The molecule has 18 heavy (non-hydrogen) atoms. The summed E-state index contributed by atoms with van der Waals surface area (Å²) in [5.74, 6) is 3.73. The monoisotopic (exact) mass is 271 g/mol. The fraction of sp³-hybridized carbons (Fsp3) is 0.929. The van der Waals surface area contributed by atoms with Gasteiger partial charge in [-0.15, -0.1) is 0 Å². The van der Waals surface area contributed by atoms with Crippen molar-refractivity contribution in [2.45, 2.75) is 51.0 Å². The molecule has 0 aromatic carbocycles. The van der Waals surface area contributed by atoms with Crippen LogP contribution >= 0.6 is 11.8 Å². The topological polar surface area (TPSA) is 49.3 Å². The molecule has 1 amide bonds. The van der Waals surface area contributed by atoms with Gasteiger partial charge in [0.2, 0.25) is 5.91 Å². The summed E-state index contributed by atoms with van der Waals surface area (Å²) in [6.07, 6.45) is 7.00. The minimum atomic E-state index is -0.143. The van der Waals surface area contributed by atoms with E-state index in [1.54, 1.807) is 0 Å². The molecular weight excluding hydrogens is 246 g/mol. The molecule has 2 N–H and O–H groups in total. The van der Waals surface area contributed by atoms with Gasteiger partial charge in [-0.2, -0.15) is 11.8 Å². The second kappa shape index (κ2) is 7.39. The third-order valence-corrected chi connectivity index (χ3v) is 5.21. The van der Waals surface area contributed by atoms with E-state index in [9.17, 15) is 9.90 Å². The average molecular weight is 271 g/mol. The zero-order valence-electron chi connectivity index (χ0n) is 11.1. The second-order valence-electron chi connectivity index (χ2n) is 5.75. The van der Waals surface area contributed by atoms with E-state index in [4.69, 9.17) is 0 Å². The van der Waals surface area contributed by atoms with Crippen molar-refractivity contribution in [3.8, 4) is 0 Å². The molecule has 104 valence electrons. The van der Waals surface area contributed by atoms with E-state index >= 15 is 0 Å². The highest BCUT2D eigenvalue weighted by Gasteiger charge is 2.21. The van der Waals surface area contributed by atoms with Crippen molar-refractivity contribution < 1.29 is 9.90 Å². The van der Waals surface area contributed by atoms with Gasteiger partial charge in [0.05, 0.1) is 6.10 Å². The standard InChI is InChI=1S/C14H25NO2S/c16-13-3-1-2-12(8-13)10-15-14(17)9-11-4-6-18-7-5-11/h11-13,16H,1-10H2,(H,15,17). The van der Waals surface area contributed by atoms with Crippen LogP contribution in [0.5, 0.6) is 0 Å². The lowest BCUT2D eigenvalue weighted by atomic mass is 9.87. The minimum absolute atomic E-state index is 0.143. The van der Waals surface area contributed by atoms with Crippen LogP contribution in [0.15, 0.2) is 0 Å². The fourth-order valence-electron chi connectivity index (χ4n) is 2.99. The first-order valence-electron chi connectivity index (χ1n) is 7.26. The first kappa shape index (κ1) is 14.2. The largest absolute Gasteiger partial charge is 0.393 e. The molecule has 1 aliphatic heterocycles. The molecule has 0 aromatic rings. The molecule has 0 spiro atoms. The second-order valence-corrected chi connectivity index (χ2v) is 6.98. The third-order valence-electron chi connectivity index (χ3n) is 4.16. The number of amides is 1. The van der Waals surface area contributed by atoms with Gasteiger partial charge in [0, 0.05) is 13.0 Å². The highest BCUT2D eigenvalue weighted by molar-refractivity contribution is 7.99. The highest BCUT2D eigenvalue weighted by Crippen LogP contribution is 2.26. The Morgan fingerprint density at radius 3 is 2.67 bits per heavy atom. The van der Waals surface area contributed by atoms with Crippen LogP contribution in [0.2, 0.25) is 0 Å². The highest BCUT2D eigenvalue weighted by atomic mass is 32.2. The van der Waals surface area contributed by atoms with Crippen molar-refractivity contribution in [3.05, 3.63) is 0 Å². The molecule has 2 unspecified atom stereocenters. The lowest BCUT2D eigenvalue weighted by molar-refractivity contribution is -0.122. The molecular formula is C14H25NO2S. The van der Waals surface area contributed by atoms with E-state index in [2.05, 4.69) is 5.32 Å². The zero-order chi connectivity index (χ0) is 12.8. The molecule has 2 rings (SSSR count). The Bertz CT molecular complexity index is 267. The molecule has 0 radical (unpaired) electrons. The van der Waals surface area contributed by atoms with Gasteiger partial charge in [0.15, 0.2) is 0 Å². The maximum Gasteiger partial charge on any atom is 0.220 e. The number of aliphatic hydroxyl groups excluding tert-OH is 1. The van der Waals surface area contributed by atoms with E-state index < -0.39 is 0 Å². The van der Waals surface area contributed by atoms with Gasteiger partial charge in [0.1, 0.15) is 0 Å². The molecule has 2 fully saturated rings. The Labute approximate surface area is 114 Å². The molecule has 1 heterocycles. The van der Waals surface area contributed by atoms with Crippen molar-refractivity contribution in [1.82, 2.24) is 5.32 Å². The van der Waals surface area contributed by atoms with Crippen molar-refractivity contribution in [2.75, 3.05) is 18.1 Å². The van der Waals surface area contributed by atoms with Crippen molar-refractivity contribution in [3.63, 3.8) is 0 Å². The maximum atomic E-state index is 11.9. The van der Waals surface area contributed by atoms with Crippen LogP contribution in [0.3, 0.4) is 0 Å². The number of carbonyl (C=O) groups is 1. The predicted molar refractivity (Wildman–Crippen MR) is 75.6 cm³/mol. The smallest absolute Gasteiger partial charge is 0.220 e. The Morgan fingerprint density at radius 2 is 1.94 bits per heavy atom. The van der Waals surface area contributed by atoms with Gasteiger partial charge in [0.25, 0.3) is 0 Å². The predicted octanol–water partition coefficient (Wildman–Crippen LogP) is 2.19. The number of thioether (sulfide) groups is 1. The number of aliphatic hydroxyl groups is 1. The van der Waals surface area contributed by atoms with Crippen molar-refractivity contribution in [2.24, 2.45) is 11.8 Å². The lowest BCUT2D eigenvalue weighted by Crippen LogP contribution is -2.34. The number of rotatable bonds is 4. The summed E-state index contributed by atoms with van der Waals surface area (Å²) in [6.45, 7) is 0.761. The third kappa shape index (κ3) is 4.81. The van der Waals surface area contributed by atoms with Crippen LogP contribution in [-0.4, -0.2) is 35.2 Å². The van der Waals surface area contributed by atoms with Gasteiger partial charge < -0.3 is 10.4 Å². The van der Waals surface area contributed by atoms with E-state index in [1.165, 1.54) is 24.3 Å². The van der Waals surface area contributed by atoms with Gasteiger partial charge in [-0.05, 0) is 55.4 Å². The molecule has 4 heteroatoms. The minimum Gasteiger partial charge on any atom is -0.393 e. The van der Waals surface area contributed by atoms with Crippen molar-refractivity contribution in [1.29, 1.82) is 0 Å². The van der Waals surface area contributed by atoms with Gasteiger partial charge >= 0.3 is 0 Å².